The Morgan fingerprint density at radius 3 is 2.95 bits per heavy atom. The lowest BCUT2D eigenvalue weighted by Gasteiger charge is -2.23. The zero-order chi connectivity index (χ0) is 13.7. The van der Waals surface area contributed by atoms with Crippen LogP contribution in [0.1, 0.15) is 19.8 Å². The smallest absolute Gasteiger partial charge is 0.205 e. The summed E-state index contributed by atoms with van der Waals surface area (Å²) in [6, 6.07) is 0.555. The molecule has 0 aromatic carbocycles. The van der Waals surface area contributed by atoms with Crippen molar-refractivity contribution in [3.63, 3.8) is 0 Å². The first-order valence-corrected chi connectivity index (χ1v) is 6.63. The van der Waals surface area contributed by atoms with Crippen molar-refractivity contribution in [3.8, 4) is 5.75 Å². The van der Waals surface area contributed by atoms with Crippen molar-refractivity contribution >= 4 is 11.6 Å². The molecule has 1 unspecified atom stereocenters. The highest BCUT2D eigenvalue weighted by Crippen LogP contribution is 2.28. The first-order valence-electron chi connectivity index (χ1n) is 6.63. The van der Waals surface area contributed by atoms with Crippen LogP contribution in [-0.4, -0.2) is 47.7 Å². The van der Waals surface area contributed by atoms with E-state index in [0.717, 1.165) is 13.1 Å². The second-order valence-corrected chi connectivity index (χ2v) is 4.55. The number of nitrogens with zero attached hydrogens (tertiary/aromatic N) is 3. The third-order valence-electron chi connectivity index (χ3n) is 3.56. The third-order valence-corrected chi connectivity index (χ3v) is 3.56. The molecule has 7 nitrogen and oxygen atoms in total. The van der Waals surface area contributed by atoms with Gasteiger partial charge in [0.1, 0.15) is 6.33 Å². The number of nitrogen functional groups attached to an aromatic ring is 1. The maximum absolute atomic E-state index is 5.40. The van der Waals surface area contributed by atoms with Gasteiger partial charge in [-0.2, -0.15) is 0 Å². The molecule has 1 aliphatic heterocycles. The van der Waals surface area contributed by atoms with Crippen LogP contribution in [0.3, 0.4) is 0 Å². The van der Waals surface area contributed by atoms with Crippen LogP contribution in [0.25, 0.3) is 0 Å². The average molecular weight is 266 g/mol. The van der Waals surface area contributed by atoms with Gasteiger partial charge in [-0.3, -0.25) is 4.90 Å². The Hall–Kier alpha value is -1.60. The SMILES string of the molecule is CCN1CCCC1CNc1ncnc(NN)c1OC. The second-order valence-electron chi connectivity index (χ2n) is 4.55. The number of methoxy groups -OCH3 is 1. The molecule has 1 saturated heterocycles. The highest BCUT2D eigenvalue weighted by atomic mass is 16.5. The van der Waals surface area contributed by atoms with E-state index in [1.165, 1.54) is 25.7 Å². The number of hydrogen-bond acceptors (Lipinski definition) is 7. The van der Waals surface area contributed by atoms with E-state index < -0.39 is 0 Å². The van der Waals surface area contributed by atoms with Gasteiger partial charge in [0.2, 0.25) is 5.75 Å². The van der Waals surface area contributed by atoms with Gasteiger partial charge in [-0.1, -0.05) is 6.92 Å². The minimum atomic E-state index is 0.485. The molecule has 7 heteroatoms. The van der Waals surface area contributed by atoms with E-state index in [2.05, 4.69) is 32.5 Å². The molecule has 1 aromatic rings. The molecule has 0 aliphatic carbocycles. The summed E-state index contributed by atoms with van der Waals surface area (Å²) in [6.07, 6.45) is 3.94. The molecule has 2 heterocycles. The van der Waals surface area contributed by atoms with Crippen LogP contribution in [0.15, 0.2) is 6.33 Å². The molecule has 2 rings (SSSR count). The van der Waals surface area contributed by atoms with Gasteiger partial charge in [0, 0.05) is 12.6 Å². The quantitative estimate of drug-likeness (QED) is 0.515. The number of anilines is 2. The molecule has 0 saturated carbocycles. The summed E-state index contributed by atoms with van der Waals surface area (Å²) in [5.41, 5.74) is 2.51. The van der Waals surface area contributed by atoms with Crippen LogP contribution in [0.2, 0.25) is 0 Å². The van der Waals surface area contributed by atoms with Gasteiger partial charge in [-0.25, -0.2) is 15.8 Å². The Bertz CT molecular complexity index is 413. The fourth-order valence-electron chi connectivity index (χ4n) is 2.55. The maximum Gasteiger partial charge on any atom is 0.205 e. The molecular weight excluding hydrogens is 244 g/mol. The first kappa shape index (κ1) is 13.8. The molecule has 0 bridgehead atoms. The monoisotopic (exact) mass is 266 g/mol. The molecular formula is C12H22N6O. The molecule has 1 atom stereocenters. The largest absolute Gasteiger partial charge is 0.490 e. The first-order chi connectivity index (χ1) is 9.30. The number of nitrogens with two attached hydrogens (primary N) is 1. The summed E-state index contributed by atoms with van der Waals surface area (Å²) in [6.45, 7) is 5.31. The average Bonchev–Trinajstić information content (AvgIpc) is 2.91. The molecule has 0 spiro atoms. The molecule has 19 heavy (non-hydrogen) atoms. The van der Waals surface area contributed by atoms with E-state index in [1.54, 1.807) is 7.11 Å². The number of nitrogens with one attached hydrogen (secondary N) is 2. The Kier molecular flexibility index (Phi) is 4.75. The Morgan fingerprint density at radius 2 is 2.26 bits per heavy atom. The van der Waals surface area contributed by atoms with Crippen LogP contribution in [0.4, 0.5) is 11.6 Å². The number of likely N-dealkylation sites (N-methyl/N-ethyl adjacent to an activating group) is 1. The van der Waals surface area contributed by atoms with Gasteiger partial charge in [0.05, 0.1) is 7.11 Å². The number of rotatable bonds is 6. The fourth-order valence-corrected chi connectivity index (χ4v) is 2.55. The summed E-state index contributed by atoms with van der Waals surface area (Å²) in [7, 11) is 1.58. The number of hydrogen-bond donors (Lipinski definition) is 3. The van der Waals surface area contributed by atoms with Crippen LogP contribution in [0.5, 0.6) is 5.75 Å². The summed E-state index contributed by atoms with van der Waals surface area (Å²) in [4.78, 5) is 10.7. The molecule has 0 amide bonds. The molecule has 1 aliphatic rings. The standard InChI is InChI=1S/C12H22N6O/c1-3-18-6-4-5-9(18)7-14-11-10(19-2)12(17-13)16-8-15-11/h8-9H,3-7,13H2,1-2H3,(H2,14,15,16,17). The van der Waals surface area contributed by atoms with Gasteiger partial charge >= 0.3 is 0 Å². The van der Waals surface area contributed by atoms with Crippen molar-refractivity contribution in [1.29, 1.82) is 0 Å². The van der Waals surface area contributed by atoms with Crippen LogP contribution in [0, 0.1) is 0 Å². The third kappa shape index (κ3) is 3.05. The summed E-state index contributed by atoms with van der Waals surface area (Å²) < 4.78 is 5.29. The number of ether oxygens (including phenoxy) is 1. The number of hydrazine groups is 1. The van der Waals surface area contributed by atoms with Gasteiger partial charge in [0.25, 0.3) is 0 Å². The van der Waals surface area contributed by atoms with E-state index >= 15 is 0 Å². The zero-order valence-corrected chi connectivity index (χ0v) is 11.5. The number of likely N-dealkylation sites (tertiary alicyclic amines) is 1. The van der Waals surface area contributed by atoms with Gasteiger partial charge in [0.15, 0.2) is 11.6 Å². The van der Waals surface area contributed by atoms with E-state index in [-0.39, 0.29) is 0 Å². The molecule has 0 radical (unpaired) electrons. The summed E-state index contributed by atoms with van der Waals surface area (Å²) in [5, 5.41) is 3.33. The van der Waals surface area contributed by atoms with E-state index in [0.29, 0.717) is 23.4 Å². The van der Waals surface area contributed by atoms with Crippen molar-refractivity contribution in [2.45, 2.75) is 25.8 Å². The van der Waals surface area contributed by atoms with Crippen molar-refractivity contribution in [2.75, 3.05) is 37.5 Å². The minimum Gasteiger partial charge on any atom is -0.490 e. The summed E-state index contributed by atoms with van der Waals surface area (Å²) in [5.74, 6) is 7.11. The highest BCUT2D eigenvalue weighted by Gasteiger charge is 2.23. The lowest BCUT2D eigenvalue weighted by molar-refractivity contribution is 0.276. The maximum atomic E-state index is 5.40. The van der Waals surface area contributed by atoms with Gasteiger partial charge in [-0.05, 0) is 25.9 Å². The second kappa shape index (κ2) is 6.53. The fraction of sp³-hybridized carbons (Fsp3) is 0.667. The minimum absolute atomic E-state index is 0.485. The molecule has 106 valence electrons. The Morgan fingerprint density at radius 1 is 1.47 bits per heavy atom. The van der Waals surface area contributed by atoms with Crippen molar-refractivity contribution in [1.82, 2.24) is 14.9 Å². The van der Waals surface area contributed by atoms with Crippen LogP contribution >= 0.6 is 0 Å². The van der Waals surface area contributed by atoms with Crippen molar-refractivity contribution < 1.29 is 4.74 Å². The van der Waals surface area contributed by atoms with E-state index in [1.807, 2.05) is 0 Å². The van der Waals surface area contributed by atoms with Crippen LogP contribution < -0.4 is 21.3 Å². The van der Waals surface area contributed by atoms with Crippen molar-refractivity contribution in [3.05, 3.63) is 6.33 Å². The van der Waals surface area contributed by atoms with Crippen LogP contribution in [-0.2, 0) is 0 Å². The van der Waals surface area contributed by atoms with Gasteiger partial charge in [-0.15, -0.1) is 0 Å². The molecule has 1 aromatic heterocycles. The summed E-state index contributed by atoms with van der Waals surface area (Å²) >= 11 is 0. The lowest BCUT2D eigenvalue weighted by atomic mass is 10.2. The highest BCUT2D eigenvalue weighted by molar-refractivity contribution is 5.63. The predicted octanol–water partition coefficient (Wildman–Crippen LogP) is 0.667. The Labute approximate surface area is 113 Å². The zero-order valence-electron chi connectivity index (χ0n) is 11.5. The van der Waals surface area contributed by atoms with Crippen molar-refractivity contribution in [2.24, 2.45) is 5.84 Å². The normalized spacial score (nSPS) is 19.4. The number of aromatic nitrogens is 2. The van der Waals surface area contributed by atoms with E-state index in [9.17, 15) is 0 Å². The topological polar surface area (TPSA) is 88.3 Å². The molecule has 4 N–H and O–H groups in total. The Balaban J connectivity index is 2.03. The predicted molar refractivity (Wildman–Crippen MR) is 75.2 cm³/mol. The van der Waals surface area contributed by atoms with E-state index in [4.69, 9.17) is 10.6 Å². The molecule has 1 fully saturated rings. The van der Waals surface area contributed by atoms with Gasteiger partial charge < -0.3 is 15.5 Å². The lowest BCUT2D eigenvalue weighted by Crippen LogP contribution is -2.34.